The van der Waals surface area contributed by atoms with Crippen molar-refractivity contribution in [2.75, 3.05) is 7.05 Å². The largest absolute Gasteiger partial charge is 0.309 e. The zero-order valence-corrected chi connectivity index (χ0v) is 12.8. The lowest BCUT2D eigenvalue weighted by molar-refractivity contribution is 0.691. The number of nitrogens with one attached hydrogen (secondary N) is 1. The van der Waals surface area contributed by atoms with Gasteiger partial charge in [0.25, 0.3) is 0 Å². The van der Waals surface area contributed by atoms with E-state index in [0.29, 0.717) is 0 Å². The van der Waals surface area contributed by atoms with Crippen molar-refractivity contribution in [3.05, 3.63) is 69.2 Å². The Bertz CT molecular complexity index is 633. The van der Waals surface area contributed by atoms with Gasteiger partial charge in [-0.15, -0.1) is 0 Å². The van der Waals surface area contributed by atoms with Crippen molar-refractivity contribution in [3.63, 3.8) is 0 Å². The summed E-state index contributed by atoms with van der Waals surface area (Å²) in [5, 5.41) is 4.24. The van der Waals surface area contributed by atoms with Crippen LogP contribution in [0.25, 0.3) is 0 Å². The second-order valence-electron chi connectivity index (χ2n) is 5.63. The molecular formula is C18H20ClN. The maximum Gasteiger partial charge on any atom is 0.0589 e. The Hall–Kier alpha value is -1.31. The zero-order valence-electron chi connectivity index (χ0n) is 12.0. The molecule has 0 radical (unpaired) electrons. The summed E-state index contributed by atoms with van der Waals surface area (Å²) in [5.74, 6) is 0. The first-order valence-corrected chi connectivity index (χ1v) is 7.62. The number of hydrogen-bond donors (Lipinski definition) is 1. The molecule has 20 heavy (non-hydrogen) atoms. The average molecular weight is 286 g/mol. The molecule has 0 saturated heterocycles. The molecule has 0 aromatic heterocycles. The summed E-state index contributed by atoms with van der Waals surface area (Å²) >= 11 is 6.43. The Morgan fingerprint density at radius 2 is 1.85 bits per heavy atom. The van der Waals surface area contributed by atoms with Crippen molar-refractivity contribution in [1.82, 2.24) is 5.32 Å². The van der Waals surface area contributed by atoms with Gasteiger partial charge in [-0.25, -0.2) is 0 Å². The van der Waals surface area contributed by atoms with Crippen LogP contribution in [-0.4, -0.2) is 7.05 Å². The van der Waals surface area contributed by atoms with Gasteiger partial charge in [0, 0.05) is 5.02 Å². The topological polar surface area (TPSA) is 12.0 Å². The highest BCUT2D eigenvalue weighted by Gasteiger charge is 2.18. The molecule has 104 valence electrons. The van der Waals surface area contributed by atoms with Gasteiger partial charge in [-0.3, -0.25) is 0 Å². The fraction of sp³-hybridized carbons (Fsp3) is 0.333. The molecule has 0 amide bonds. The van der Waals surface area contributed by atoms with E-state index >= 15 is 0 Å². The minimum Gasteiger partial charge on any atom is -0.309 e. The number of hydrogen-bond acceptors (Lipinski definition) is 1. The second kappa shape index (κ2) is 5.59. The van der Waals surface area contributed by atoms with Crippen LogP contribution in [0.1, 0.15) is 40.3 Å². The molecule has 0 spiro atoms. The molecule has 0 bridgehead atoms. The predicted molar refractivity (Wildman–Crippen MR) is 85.6 cm³/mol. The second-order valence-corrected chi connectivity index (χ2v) is 6.04. The molecule has 1 aliphatic carbocycles. The number of halogens is 1. The summed E-state index contributed by atoms with van der Waals surface area (Å²) in [6.45, 7) is 2.07. The van der Waals surface area contributed by atoms with Gasteiger partial charge < -0.3 is 5.32 Å². The molecule has 2 heteroatoms. The maximum atomic E-state index is 6.43. The molecule has 2 aromatic carbocycles. The van der Waals surface area contributed by atoms with E-state index in [1.165, 1.54) is 41.5 Å². The smallest absolute Gasteiger partial charge is 0.0589 e. The van der Waals surface area contributed by atoms with Crippen LogP contribution in [0.2, 0.25) is 5.02 Å². The van der Waals surface area contributed by atoms with E-state index in [1.807, 2.05) is 13.1 Å². The van der Waals surface area contributed by atoms with E-state index in [4.69, 9.17) is 11.6 Å². The highest BCUT2D eigenvalue weighted by atomic mass is 35.5. The van der Waals surface area contributed by atoms with E-state index in [0.717, 1.165) is 10.6 Å². The quantitative estimate of drug-likeness (QED) is 0.879. The van der Waals surface area contributed by atoms with Crippen LogP contribution in [0.3, 0.4) is 0 Å². The van der Waals surface area contributed by atoms with Gasteiger partial charge in [0.05, 0.1) is 6.04 Å². The minimum absolute atomic E-state index is 0.161. The summed E-state index contributed by atoms with van der Waals surface area (Å²) in [6.07, 6.45) is 3.72. The molecule has 0 saturated carbocycles. The first-order valence-electron chi connectivity index (χ1n) is 7.24. The van der Waals surface area contributed by atoms with Crippen molar-refractivity contribution >= 4 is 11.6 Å². The number of fused-ring (bicyclic) bond motifs is 1. The lowest BCUT2D eigenvalue weighted by atomic mass is 9.95. The highest BCUT2D eigenvalue weighted by Crippen LogP contribution is 2.31. The van der Waals surface area contributed by atoms with Gasteiger partial charge in [0.15, 0.2) is 0 Å². The van der Waals surface area contributed by atoms with Crippen molar-refractivity contribution < 1.29 is 0 Å². The molecule has 1 atom stereocenters. The molecule has 1 N–H and O–H groups in total. The van der Waals surface area contributed by atoms with Gasteiger partial charge in [0.2, 0.25) is 0 Å². The third kappa shape index (κ3) is 2.48. The van der Waals surface area contributed by atoms with E-state index < -0.39 is 0 Å². The van der Waals surface area contributed by atoms with Gasteiger partial charge >= 0.3 is 0 Å². The van der Waals surface area contributed by atoms with Crippen molar-refractivity contribution in [2.45, 2.75) is 32.2 Å². The van der Waals surface area contributed by atoms with E-state index in [-0.39, 0.29) is 6.04 Å². The standard InChI is InChI=1S/C18H20ClN/c1-12-6-9-16(17(19)10-12)18(20-2)15-8-7-13-4-3-5-14(13)11-15/h6-11,18,20H,3-5H2,1-2H3. The fourth-order valence-corrected chi connectivity index (χ4v) is 3.48. The van der Waals surface area contributed by atoms with Gasteiger partial charge in [0.1, 0.15) is 0 Å². The Morgan fingerprint density at radius 1 is 1.05 bits per heavy atom. The van der Waals surface area contributed by atoms with Crippen LogP contribution in [-0.2, 0) is 12.8 Å². The fourth-order valence-electron chi connectivity index (χ4n) is 3.14. The Balaban J connectivity index is 2.01. The predicted octanol–water partition coefficient (Wildman–Crippen LogP) is 4.45. The minimum atomic E-state index is 0.161. The third-order valence-corrected chi connectivity index (χ3v) is 4.54. The SMILES string of the molecule is CNC(c1ccc2c(c1)CCC2)c1ccc(C)cc1Cl. The first-order chi connectivity index (χ1) is 9.69. The van der Waals surface area contributed by atoms with Crippen molar-refractivity contribution in [3.8, 4) is 0 Å². The number of rotatable bonds is 3. The lowest BCUT2D eigenvalue weighted by Gasteiger charge is -2.20. The first kappa shape index (κ1) is 13.7. The van der Waals surface area contributed by atoms with Crippen LogP contribution >= 0.6 is 11.6 Å². The molecule has 1 aliphatic rings. The van der Waals surface area contributed by atoms with Crippen LogP contribution < -0.4 is 5.32 Å². The molecule has 3 rings (SSSR count). The van der Waals surface area contributed by atoms with E-state index in [2.05, 4.69) is 42.6 Å². The molecule has 1 unspecified atom stereocenters. The van der Waals surface area contributed by atoms with Crippen molar-refractivity contribution in [1.29, 1.82) is 0 Å². The van der Waals surface area contributed by atoms with Gasteiger partial charge in [-0.2, -0.15) is 0 Å². The molecule has 2 aromatic rings. The van der Waals surface area contributed by atoms with Gasteiger partial charge in [-0.1, -0.05) is 41.9 Å². The van der Waals surface area contributed by atoms with Crippen LogP contribution in [0.4, 0.5) is 0 Å². The third-order valence-electron chi connectivity index (χ3n) is 4.21. The highest BCUT2D eigenvalue weighted by molar-refractivity contribution is 6.31. The summed E-state index contributed by atoms with van der Waals surface area (Å²) in [5.41, 5.74) is 6.67. The van der Waals surface area contributed by atoms with Crippen LogP contribution in [0, 0.1) is 6.92 Å². The summed E-state index contributed by atoms with van der Waals surface area (Å²) in [7, 11) is 1.99. The number of aryl methyl sites for hydroxylation is 3. The molecule has 0 aliphatic heterocycles. The lowest BCUT2D eigenvalue weighted by Crippen LogP contribution is -2.18. The summed E-state index contributed by atoms with van der Waals surface area (Å²) in [6, 6.07) is 13.3. The summed E-state index contributed by atoms with van der Waals surface area (Å²) < 4.78 is 0. The Labute approximate surface area is 126 Å². The van der Waals surface area contributed by atoms with Gasteiger partial charge in [-0.05, 0) is 67.1 Å². The summed E-state index contributed by atoms with van der Waals surface area (Å²) in [4.78, 5) is 0. The molecule has 0 fully saturated rings. The average Bonchev–Trinajstić information content (AvgIpc) is 2.89. The molecule has 0 heterocycles. The van der Waals surface area contributed by atoms with Crippen LogP contribution in [0.15, 0.2) is 36.4 Å². The monoisotopic (exact) mass is 285 g/mol. The Kier molecular flexibility index (Phi) is 3.82. The number of benzene rings is 2. The van der Waals surface area contributed by atoms with Crippen molar-refractivity contribution in [2.24, 2.45) is 0 Å². The van der Waals surface area contributed by atoms with E-state index in [1.54, 1.807) is 0 Å². The molecular weight excluding hydrogens is 266 g/mol. The maximum absolute atomic E-state index is 6.43. The molecule has 1 nitrogen and oxygen atoms in total. The van der Waals surface area contributed by atoms with E-state index in [9.17, 15) is 0 Å². The Morgan fingerprint density at radius 3 is 2.60 bits per heavy atom. The van der Waals surface area contributed by atoms with Crippen LogP contribution in [0.5, 0.6) is 0 Å². The normalized spacial score (nSPS) is 15.2. The zero-order chi connectivity index (χ0) is 14.1.